The fourth-order valence-electron chi connectivity index (χ4n) is 3.80. The van der Waals surface area contributed by atoms with Crippen LogP contribution in [0, 0.1) is 5.92 Å². The van der Waals surface area contributed by atoms with Crippen molar-refractivity contribution >= 4 is 0 Å². The maximum absolute atomic E-state index is 6.12. The van der Waals surface area contributed by atoms with Gasteiger partial charge in [-0.2, -0.15) is 0 Å². The highest BCUT2D eigenvalue weighted by Crippen LogP contribution is 2.31. The van der Waals surface area contributed by atoms with Crippen LogP contribution in [0.3, 0.4) is 0 Å². The number of rotatable bonds is 7. The average Bonchev–Trinajstić information content (AvgIpc) is 2.68. The fraction of sp³-hybridized carbons (Fsp3) is 0.478. The first-order chi connectivity index (χ1) is 13.0. The summed E-state index contributed by atoms with van der Waals surface area (Å²) in [5.41, 5.74) is 2.46. The summed E-state index contributed by atoms with van der Waals surface area (Å²) in [5, 5.41) is 3.78. The van der Waals surface area contributed by atoms with Crippen molar-refractivity contribution in [2.24, 2.45) is 5.92 Å². The van der Waals surface area contributed by atoms with E-state index in [4.69, 9.17) is 14.2 Å². The maximum atomic E-state index is 6.12. The maximum Gasteiger partial charge on any atom is 0.161 e. The summed E-state index contributed by atoms with van der Waals surface area (Å²) in [6.07, 6.45) is 2.03. The largest absolute Gasteiger partial charge is 0.493 e. The molecular formula is C23H31NO3. The smallest absolute Gasteiger partial charge is 0.161 e. The molecule has 1 aliphatic heterocycles. The van der Waals surface area contributed by atoms with Crippen molar-refractivity contribution in [3.63, 3.8) is 0 Å². The molecule has 2 aromatic rings. The van der Waals surface area contributed by atoms with Crippen molar-refractivity contribution in [3.8, 4) is 11.5 Å². The molecule has 1 aliphatic rings. The highest BCUT2D eigenvalue weighted by Gasteiger charge is 2.35. The lowest BCUT2D eigenvalue weighted by molar-refractivity contribution is -0.0906. The molecule has 1 saturated heterocycles. The Labute approximate surface area is 162 Å². The Bertz CT molecular complexity index is 730. The zero-order valence-corrected chi connectivity index (χ0v) is 16.8. The summed E-state index contributed by atoms with van der Waals surface area (Å²) in [6, 6.07) is 17.2. The Balaban J connectivity index is 1.69. The van der Waals surface area contributed by atoms with Crippen molar-refractivity contribution in [1.29, 1.82) is 0 Å². The second kappa shape index (κ2) is 8.77. The third kappa shape index (κ3) is 5.24. The van der Waals surface area contributed by atoms with E-state index in [1.54, 1.807) is 14.2 Å². The number of nitrogens with one attached hydrogen (secondary N) is 1. The number of ether oxygens (including phenoxy) is 3. The summed E-state index contributed by atoms with van der Waals surface area (Å²) >= 11 is 0. The van der Waals surface area contributed by atoms with Crippen molar-refractivity contribution in [2.75, 3.05) is 20.8 Å². The summed E-state index contributed by atoms with van der Waals surface area (Å²) in [7, 11) is 3.33. The summed E-state index contributed by atoms with van der Waals surface area (Å²) in [5.74, 6) is 1.99. The average molecular weight is 370 g/mol. The summed E-state index contributed by atoms with van der Waals surface area (Å²) in [6.45, 7) is 5.94. The minimum atomic E-state index is -0.0948. The van der Waals surface area contributed by atoms with E-state index in [1.807, 2.05) is 12.1 Å². The van der Waals surface area contributed by atoms with Crippen LogP contribution in [0.4, 0.5) is 0 Å². The molecule has 3 rings (SSSR count). The molecule has 2 atom stereocenters. The van der Waals surface area contributed by atoms with Crippen LogP contribution in [0.1, 0.15) is 31.4 Å². The Morgan fingerprint density at radius 2 is 1.74 bits per heavy atom. The van der Waals surface area contributed by atoms with Gasteiger partial charge in [-0.1, -0.05) is 36.4 Å². The number of methoxy groups -OCH3 is 2. The molecule has 146 valence electrons. The van der Waals surface area contributed by atoms with Gasteiger partial charge in [-0.05, 0) is 49.9 Å². The Morgan fingerprint density at radius 1 is 1.00 bits per heavy atom. The molecule has 0 bridgehead atoms. The van der Waals surface area contributed by atoms with E-state index in [9.17, 15) is 0 Å². The van der Waals surface area contributed by atoms with Crippen molar-refractivity contribution in [3.05, 3.63) is 59.7 Å². The zero-order valence-electron chi connectivity index (χ0n) is 16.8. The van der Waals surface area contributed by atoms with Crippen LogP contribution in [0.15, 0.2) is 48.5 Å². The Hall–Kier alpha value is -2.04. The van der Waals surface area contributed by atoms with Gasteiger partial charge in [0.2, 0.25) is 0 Å². The molecular weight excluding hydrogens is 338 g/mol. The van der Waals surface area contributed by atoms with E-state index in [1.165, 1.54) is 11.1 Å². The topological polar surface area (TPSA) is 39.7 Å². The Kier molecular flexibility index (Phi) is 6.40. The third-order valence-electron chi connectivity index (χ3n) is 5.33. The first-order valence-corrected chi connectivity index (χ1v) is 9.63. The summed E-state index contributed by atoms with van der Waals surface area (Å²) in [4.78, 5) is 0. The normalized spacial score (nSPS) is 21.6. The molecule has 0 aliphatic carbocycles. The standard InChI is InChI=1S/C23H31NO3/c1-23(2)14-20(19(16-27-23)12-17-8-6-5-7-9-17)24-15-18-10-11-21(25-3)22(13-18)26-4/h5-11,13,19-20,24H,12,14-16H2,1-4H3. The van der Waals surface area contributed by atoms with Crippen LogP contribution < -0.4 is 14.8 Å². The molecule has 1 heterocycles. The van der Waals surface area contributed by atoms with Gasteiger partial charge in [0.05, 0.1) is 26.4 Å². The molecule has 2 unspecified atom stereocenters. The minimum absolute atomic E-state index is 0.0948. The molecule has 0 aromatic heterocycles. The van der Waals surface area contributed by atoms with Crippen LogP contribution in [0.5, 0.6) is 11.5 Å². The van der Waals surface area contributed by atoms with Gasteiger partial charge in [-0.15, -0.1) is 0 Å². The minimum Gasteiger partial charge on any atom is -0.493 e. The van der Waals surface area contributed by atoms with Gasteiger partial charge >= 0.3 is 0 Å². The molecule has 4 heteroatoms. The van der Waals surface area contributed by atoms with Gasteiger partial charge in [-0.25, -0.2) is 0 Å². The van der Waals surface area contributed by atoms with Gasteiger partial charge in [0.15, 0.2) is 11.5 Å². The number of hydrogen-bond acceptors (Lipinski definition) is 4. The SMILES string of the molecule is COc1ccc(CNC2CC(C)(C)OCC2Cc2ccccc2)cc1OC. The van der Waals surface area contributed by atoms with E-state index in [0.717, 1.165) is 37.5 Å². The molecule has 0 saturated carbocycles. The second-order valence-electron chi connectivity index (χ2n) is 7.90. The van der Waals surface area contributed by atoms with Gasteiger partial charge in [0, 0.05) is 18.5 Å². The molecule has 0 radical (unpaired) electrons. The molecule has 0 amide bonds. The molecule has 1 N–H and O–H groups in total. The van der Waals surface area contributed by atoms with Crippen LogP contribution in [-0.4, -0.2) is 32.5 Å². The van der Waals surface area contributed by atoms with Crippen LogP contribution in [-0.2, 0) is 17.7 Å². The highest BCUT2D eigenvalue weighted by molar-refractivity contribution is 5.42. The van der Waals surface area contributed by atoms with E-state index >= 15 is 0 Å². The lowest BCUT2D eigenvalue weighted by Crippen LogP contribution is -2.50. The van der Waals surface area contributed by atoms with E-state index < -0.39 is 0 Å². The lowest BCUT2D eigenvalue weighted by Gasteiger charge is -2.41. The van der Waals surface area contributed by atoms with Crippen LogP contribution in [0.25, 0.3) is 0 Å². The molecule has 2 aromatic carbocycles. The quantitative estimate of drug-likeness (QED) is 0.793. The highest BCUT2D eigenvalue weighted by atomic mass is 16.5. The van der Waals surface area contributed by atoms with Gasteiger partial charge in [0.1, 0.15) is 0 Å². The van der Waals surface area contributed by atoms with Gasteiger partial charge in [-0.3, -0.25) is 0 Å². The van der Waals surface area contributed by atoms with E-state index in [-0.39, 0.29) is 5.60 Å². The predicted molar refractivity (Wildman–Crippen MR) is 108 cm³/mol. The number of benzene rings is 2. The van der Waals surface area contributed by atoms with Gasteiger partial charge < -0.3 is 19.5 Å². The molecule has 4 nitrogen and oxygen atoms in total. The third-order valence-corrected chi connectivity index (χ3v) is 5.33. The van der Waals surface area contributed by atoms with Crippen LogP contribution >= 0.6 is 0 Å². The first-order valence-electron chi connectivity index (χ1n) is 9.63. The van der Waals surface area contributed by atoms with Gasteiger partial charge in [0.25, 0.3) is 0 Å². The monoisotopic (exact) mass is 369 g/mol. The Morgan fingerprint density at radius 3 is 2.44 bits per heavy atom. The molecule has 27 heavy (non-hydrogen) atoms. The zero-order chi connectivity index (χ0) is 19.3. The second-order valence-corrected chi connectivity index (χ2v) is 7.90. The van der Waals surface area contributed by atoms with E-state index in [2.05, 4.69) is 55.6 Å². The number of hydrogen-bond donors (Lipinski definition) is 1. The van der Waals surface area contributed by atoms with Crippen molar-refractivity contribution in [2.45, 2.75) is 44.9 Å². The lowest BCUT2D eigenvalue weighted by atomic mass is 9.83. The summed E-state index contributed by atoms with van der Waals surface area (Å²) < 4.78 is 16.9. The van der Waals surface area contributed by atoms with E-state index in [0.29, 0.717) is 12.0 Å². The van der Waals surface area contributed by atoms with Crippen LogP contribution in [0.2, 0.25) is 0 Å². The van der Waals surface area contributed by atoms with Crippen molar-refractivity contribution in [1.82, 2.24) is 5.32 Å². The first kappa shape index (κ1) is 19.7. The fourth-order valence-corrected chi connectivity index (χ4v) is 3.80. The molecule has 1 fully saturated rings. The predicted octanol–water partition coefficient (Wildman–Crippen LogP) is 4.22. The van der Waals surface area contributed by atoms with Crippen molar-refractivity contribution < 1.29 is 14.2 Å². The molecule has 0 spiro atoms.